The number of furan rings is 1. The molecule has 0 aliphatic carbocycles. The Hall–Kier alpha value is -3.52. The normalized spacial score (nSPS) is 12.5. The van der Waals surface area contributed by atoms with Crippen LogP contribution in [0.5, 0.6) is 0 Å². The first-order valence-corrected chi connectivity index (χ1v) is 9.02. The Morgan fingerprint density at radius 3 is 2.22 bits per heavy atom. The van der Waals surface area contributed by atoms with Crippen LogP contribution in [0, 0.1) is 0 Å². The highest BCUT2D eigenvalue weighted by Gasteiger charge is 2.05. The van der Waals surface area contributed by atoms with Crippen LogP contribution in [-0.2, 0) is 0 Å². The van der Waals surface area contributed by atoms with Crippen LogP contribution in [0.1, 0.15) is 6.92 Å². The first kappa shape index (κ1) is 16.9. The molecule has 0 saturated heterocycles. The number of hydrogen-bond donors (Lipinski definition) is 1. The van der Waals surface area contributed by atoms with Gasteiger partial charge < -0.3 is 9.73 Å². The van der Waals surface area contributed by atoms with Gasteiger partial charge in [0.05, 0.1) is 5.70 Å². The van der Waals surface area contributed by atoms with Gasteiger partial charge in [-0.2, -0.15) is 0 Å². The average Bonchev–Trinajstić information content (AvgIpc) is 3.06. The highest BCUT2D eigenvalue weighted by Crippen LogP contribution is 2.22. The minimum Gasteiger partial charge on any atom is -0.454 e. The lowest BCUT2D eigenvalue weighted by Gasteiger charge is -2.08. The van der Waals surface area contributed by atoms with E-state index in [-0.39, 0.29) is 0 Å². The van der Waals surface area contributed by atoms with Gasteiger partial charge in [-0.3, -0.25) is 0 Å². The molecule has 1 aromatic heterocycles. The second kappa shape index (κ2) is 7.38. The molecule has 0 unspecified atom stereocenters. The van der Waals surface area contributed by atoms with Crippen molar-refractivity contribution in [3.63, 3.8) is 0 Å². The monoisotopic (exact) mass is 351 g/mol. The van der Waals surface area contributed by atoms with Gasteiger partial charge in [0.2, 0.25) is 0 Å². The molecule has 0 saturated carbocycles. The van der Waals surface area contributed by atoms with Crippen molar-refractivity contribution in [3.8, 4) is 11.1 Å². The molecule has 0 bridgehead atoms. The predicted molar refractivity (Wildman–Crippen MR) is 115 cm³/mol. The van der Waals surface area contributed by atoms with E-state index in [2.05, 4.69) is 60.4 Å². The van der Waals surface area contributed by atoms with Gasteiger partial charge in [-0.1, -0.05) is 73.3 Å². The molecule has 132 valence electrons. The molecule has 0 aliphatic rings. The van der Waals surface area contributed by atoms with Crippen LogP contribution in [0.25, 0.3) is 34.4 Å². The zero-order valence-electron chi connectivity index (χ0n) is 15.3. The maximum atomic E-state index is 6.07. The number of para-hydroxylation sites is 1. The molecule has 4 rings (SSSR count). The molecule has 0 fully saturated rings. The van der Waals surface area contributed by atoms with Gasteiger partial charge in [-0.05, 0) is 42.3 Å². The smallest absolute Gasteiger partial charge is 0.158 e. The summed E-state index contributed by atoms with van der Waals surface area (Å²) in [6, 6.07) is 26.7. The number of anilines is 1. The molecule has 3 aromatic carbocycles. The summed E-state index contributed by atoms with van der Waals surface area (Å²) in [7, 11) is 0. The lowest BCUT2D eigenvalue weighted by atomic mass is 10.1. The van der Waals surface area contributed by atoms with Crippen LogP contribution in [0.4, 0.5) is 5.69 Å². The number of fused-ring (bicyclic) bond motifs is 1. The van der Waals surface area contributed by atoms with Crippen LogP contribution in [0.3, 0.4) is 0 Å². The Labute approximate surface area is 158 Å². The van der Waals surface area contributed by atoms with Crippen molar-refractivity contribution in [2.45, 2.75) is 6.92 Å². The fourth-order valence-electron chi connectivity index (χ4n) is 3.19. The second-order valence-corrected chi connectivity index (χ2v) is 6.39. The summed E-state index contributed by atoms with van der Waals surface area (Å²) in [5.41, 5.74) is 5.91. The molecule has 27 heavy (non-hydrogen) atoms. The Kier molecular flexibility index (Phi) is 4.63. The molecule has 2 nitrogen and oxygen atoms in total. The Morgan fingerprint density at radius 2 is 1.52 bits per heavy atom. The van der Waals surface area contributed by atoms with Gasteiger partial charge in [0.15, 0.2) is 5.42 Å². The van der Waals surface area contributed by atoms with E-state index < -0.39 is 0 Å². The molecule has 0 aliphatic heterocycles. The van der Waals surface area contributed by atoms with Crippen molar-refractivity contribution in [1.29, 1.82) is 0 Å². The number of nitrogens with one attached hydrogen (secondary N) is 1. The Balaban J connectivity index is 1.74. The summed E-state index contributed by atoms with van der Waals surface area (Å²) >= 11 is 0. The van der Waals surface area contributed by atoms with E-state index in [0.717, 1.165) is 33.0 Å². The number of hydrogen-bond acceptors (Lipinski definition) is 2. The molecule has 4 aromatic rings. The number of benzene rings is 3. The second-order valence-electron chi connectivity index (χ2n) is 6.39. The van der Waals surface area contributed by atoms with E-state index in [4.69, 9.17) is 4.42 Å². The zero-order chi connectivity index (χ0) is 18.6. The largest absolute Gasteiger partial charge is 0.454 e. The molecule has 0 amide bonds. The highest BCUT2D eigenvalue weighted by atomic mass is 16.3. The molecule has 1 heterocycles. The van der Waals surface area contributed by atoms with Crippen LogP contribution in [0.15, 0.2) is 95.4 Å². The van der Waals surface area contributed by atoms with Gasteiger partial charge in [-0.25, -0.2) is 0 Å². The van der Waals surface area contributed by atoms with Crippen molar-refractivity contribution < 1.29 is 4.42 Å². The highest BCUT2D eigenvalue weighted by molar-refractivity contribution is 5.80. The van der Waals surface area contributed by atoms with Crippen molar-refractivity contribution in [2.24, 2.45) is 0 Å². The van der Waals surface area contributed by atoms with Crippen molar-refractivity contribution >= 4 is 28.9 Å². The van der Waals surface area contributed by atoms with Gasteiger partial charge in [0.25, 0.3) is 0 Å². The standard InChI is InChI=1S/C25H21NO/c1-3-9-23(25-18(2)22-12-7-8-13-24(22)27-25)26-21-16-14-20(15-17-21)19-10-5-4-6-11-19/h3-17,26H,2H2,1H3/b9-3-,25-23-. The Morgan fingerprint density at radius 1 is 0.852 bits per heavy atom. The summed E-state index contributed by atoms with van der Waals surface area (Å²) in [6.07, 6.45) is 4.00. The molecule has 2 heteroatoms. The van der Waals surface area contributed by atoms with Crippen molar-refractivity contribution in [2.75, 3.05) is 5.32 Å². The molecular formula is C25H21NO. The summed E-state index contributed by atoms with van der Waals surface area (Å²) in [5, 5.41) is 5.41. The van der Waals surface area contributed by atoms with E-state index in [1.54, 1.807) is 0 Å². The molecule has 1 N–H and O–H groups in total. The minimum absolute atomic E-state index is 0.765. The summed E-state index contributed by atoms with van der Waals surface area (Å²) in [5.74, 6) is 0. The van der Waals surface area contributed by atoms with Crippen LogP contribution < -0.4 is 16.0 Å². The topological polar surface area (TPSA) is 25.2 Å². The van der Waals surface area contributed by atoms with Gasteiger partial charge in [0.1, 0.15) is 5.58 Å². The predicted octanol–water partition coefficient (Wildman–Crippen LogP) is 5.31. The van der Waals surface area contributed by atoms with Gasteiger partial charge in [-0.15, -0.1) is 0 Å². The fraction of sp³-hybridized carbons (Fsp3) is 0.0400. The van der Waals surface area contributed by atoms with Crippen molar-refractivity contribution in [3.05, 3.63) is 102 Å². The van der Waals surface area contributed by atoms with Crippen molar-refractivity contribution in [1.82, 2.24) is 0 Å². The third kappa shape index (κ3) is 3.42. The van der Waals surface area contributed by atoms with Gasteiger partial charge >= 0.3 is 0 Å². The lowest BCUT2D eigenvalue weighted by molar-refractivity contribution is 0.573. The third-order valence-electron chi connectivity index (χ3n) is 4.55. The van der Waals surface area contributed by atoms with E-state index in [9.17, 15) is 0 Å². The summed E-state index contributed by atoms with van der Waals surface area (Å²) in [4.78, 5) is 0. The van der Waals surface area contributed by atoms with E-state index in [1.165, 1.54) is 11.1 Å². The molecule has 0 atom stereocenters. The SMILES string of the molecule is C=c1/c(=C(\C=C/C)Nc2ccc(-c3ccccc3)cc2)oc2ccccc12. The third-order valence-corrected chi connectivity index (χ3v) is 4.55. The molecule has 0 radical (unpaired) electrons. The van der Waals surface area contributed by atoms with E-state index >= 15 is 0 Å². The maximum Gasteiger partial charge on any atom is 0.158 e. The first-order chi connectivity index (χ1) is 13.3. The molecule has 0 spiro atoms. The molecular weight excluding hydrogens is 330 g/mol. The average molecular weight is 351 g/mol. The van der Waals surface area contributed by atoms with Crippen LogP contribution in [-0.4, -0.2) is 0 Å². The van der Waals surface area contributed by atoms with E-state index in [1.807, 2.05) is 49.4 Å². The van der Waals surface area contributed by atoms with Gasteiger partial charge in [0, 0.05) is 16.3 Å². The minimum atomic E-state index is 0.765. The van der Waals surface area contributed by atoms with Crippen LogP contribution >= 0.6 is 0 Å². The summed E-state index contributed by atoms with van der Waals surface area (Å²) in [6.45, 7) is 6.21. The lowest BCUT2D eigenvalue weighted by Crippen LogP contribution is -2.24. The quantitative estimate of drug-likeness (QED) is 0.539. The summed E-state index contributed by atoms with van der Waals surface area (Å²) < 4.78 is 6.07. The van der Waals surface area contributed by atoms with Crippen LogP contribution in [0.2, 0.25) is 0 Å². The number of allylic oxidation sites excluding steroid dienone is 1. The maximum absolute atomic E-state index is 6.07. The Bertz CT molecular complexity index is 1200. The fourth-order valence-corrected chi connectivity index (χ4v) is 3.19. The first-order valence-electron chi connectivity index (χ1n) is 9.02. The zero-order valence-corrected chi connectivity index (χ0v) is 15.3. The number of rotatable bonds is 4. The van der Waals surface area contributed by atoms with E-state index in [0.29, 0.717) is 0 Å².